The maximum absolute atomic E-state index is 12.6. The molecule has 1 aromatic carbocycles. The van der Waals surface area contributed by atoms with E-state index in [9.17, 15) is 22.8 Å². The van der Waals surface area contributed by atoms with Crippen molar-refractivity contribution in [1.29, 1.82) is 0 Å². The van der Waals surface area contributed by atoms with E-state index in [0.29, 0.717) is 31.5 Å². The Balaban J connectivity index is 1.90. The lowest BCUT2D eigenvalue weighted by molar-refractivity contribution is -0.145. The van der Waals surface area contributed by atoms with Crippen LogP contribution < -0.4 is 20.7 Å². The smallest absolute Gasteiger partial charge is 0.325 e. The lowest BCUT2D eigenvalue weighted by Gasteiger charge is -2.35. The molecule has 1 aliphatic rings. The summed E-state index contributed by atoms with van der Waals surface area (Å²) in [6.45, 7) is 3.79. The van der Waals surface area contributed by atoms with Gasteiger partial charge in [0.15, 0.2) is 5.84 Å². The fourth-order valence-corrected chi connectivity index (χ4v) is 4.87. The Kier molecular flexibility index (Phi) is 10.9. The van der Waals surface area contributed by atoms with Gasteiger partial charge in [-0.2, -0.15) is 4.72 Å². The van der Waals surface area contributed by atoms with E-state index in [2.05, 4.69) is 15.2 Å². The first-order valence-corrected chi connectivity index (χ1v) is 13.3. The number of carbonyl (C=O) groups is 3. The van der Waals surface area contributed by atoms with Crippen LogP contribution in [0.4, 0.5) is 5.69 Å². The number of sulfonamides is 1. The van der Waals surface area contributed by atoms with Gasteiger partial charge < -0.3 is 30.8 Å². The highest BCUT2D eigenvalue weighted by atomic mass is 32.2. The Hall–Kier alpha value is -3.39. The van der Waals surface area contributed by atoms with E-state index in [0.717, 1.165) is 5.69 Å². The molecule has 0 spiro atoms. The standard InChI is InChI=1S/C22H34N6O7S/c1-3-5-12-36(33,34)26-18(22(31)35-4-2)13-24-19(29)14-28-11-10-27(15-20(28)30)17-8-6-16(7-9-17)21(23)25-32/h6-9,18,26,32H,3-5,10-15H2,1-2H3,(H2,23,25)(H,24,29)/t18-/m0/s1. The topological polar surface area (TPSA) is 184 Å². The molecule has 0 saturated carbocycles. The lowest BCUT2D eigenvalue weighted by atomic mass is 10.1. The minimum absolute atomic E-state index is 0.0209. The molecule has 0 radical (unpaired) electrons. The Bertz CT molecular complexity index is 1050. The third-order valence-electron chi connectivity index (χ3n) is 5.45. The first-order chi connectivity index (χ1) is 17.1. The summed E-state index contributed by atoms with van der Waals surface area (Å²) in [5.41, 5.74) is 6.87. The SMILES string of the molecule is CCCCS(=O)(=O)N[C@@H](CNC(=O)CN1CCN(c2ccc(C(N)=NO)cc2)CC1=O)C(=O)OCC. The van der Waals surface area contributed by atoms with E-state index in [4.69, 9.17) is 15.7 Å². The molecule has 0 aliphatic carbocycles. The highest BCUT2D eigenvalue weighted by Crippen LogP contribution is 2.18. The van der Waals surface area contributed by atoms with Crippen molar-refractivity contribution in [2.24, 2.45) is 10.9 Å². The van der Waals surface area contributed by atoms with Crippen molar-refractivity contribution in [2.75, 3.05) is 50.0 Å². The van der Waals surface area contributed by atoms with E-state index < -0.39 is 27.9 Å². The molecule has 1 fully saturated rings. The van der Waals surface area contributed by atoms with Gasteiger partial charge in [-0.05, 0) is 37.6 Å². The quantitative estimate of drug-likeness (QED) is 0.0840. The molecule has 2 amide bonds. The van der Waals surface area contributed by atoms with E-state index in [-0.39, 0.29) is 43.7 Å². The molecule has 200 valence electrons. The Morgan fingerprint density at radius 1 is 1.22 bits per heavy atom. The molecule has 1 aromatic rings. The summed E-state index contributed by atoms with van der Waals surface area (Å²) >= 11 is 0. The summed E-state index contributed by atoms with van der Waals surface area (Å²) in [4.78, 5) is 40.5. The van der Waals surface area contributed by atoms with E-state index in [1.165, 1.54) is 4.90 Å². The number of nitrogens with two attached hydrogens (primary N) is 1. The number of benzene rings is 1. The van der Waals surface area contributed by atoms with Gasteiger partial charge in [0, 0.05) is 30.9 Å². The highest BCUT2D eigenvalue weighted by molar-refractivity contribution is 7.89. The first kappa shape index (κ1) is 28.8. The number of oxime groups is 1. The molecule has 1 aliphatic heterocycles. The average molecular weight is 527 g/mol. The van der Waals surface area contributed by atoms with Crippen molar-refractivity contribution in [2.45, 2.75) is 32.7 Å². The second kappa shape index (κ2) is 13.6. The van der Waals surface area contributed by atoms with Crippen LogP contribution in [0.5, 0.6) is 0 Å². The van der Waals surface area contributed by atoms with Crippen molar-refractivity contribution in [3.63, 3.8) is 0 Å². The molecule has 13 nitrogen and oxygen atoms in total. The molecule has 5 N–H and O–H groups in total. The van der Waals surface area contributed by atoms with Gasteiger partial charge in [-0.1, -0.05) is 18.5 Å². The third kappa shape index (κ3) is 8.68. The fraction of sp³-hybridized carbons (Fsp3) is 0.545. The Morgan fingerprint density at radius 3 is 2.50 bits per heavy atom. The molecule has 1 saturated heterocycles. The molecule has 0 unspecified atom stereocenters. The molecule has 36 heavy (non-hydrogen) atoms. The lowest BCUT2D eigenvalue weighted by Crippen LogP contribution is -2.54. The van der Waals surface area contributed by atoms with Crippen LogP contribution in [0.25, 0.3) is 0 Å². The van der Waals surface area contributed by atoms with Crippen molar-refractivity contribution in [1.82, 2.24) is 14.9 Å². The van der Waals surface area contributed by atoms with Gasteiger partial charge in [0.1, 0.15) is 6.04 Å². The van der Waals surface area contributed by atoms with Gasteiger partial charge in [0.2, 0.25) is 21.8 Å². The number of anilines is 1. The van der Waals surface area contributed by atoms with Crippen molar-refractivity contribution >= 4 is 39.3 Å². The molecule has 0 aromatic heterocycles. The zero-order chi connectivity index (χ0) is 26.7. The van der Waals surface area contributed by atoms with Gasteiger partial charge in [-0.25, -0.2) is 8.42 Å². The molecule has 2 rings (SSSR count). The van der Waals surface area contributed by atoms with E-state index in [1.807, 2.05) is 11.8 Å². The molecule has 1 atom stereocenters. The van der Waals surface area contributed by atoms with Gasteiger partial charge in [0.25, 0.3) is 0 Å². The van der Waals surface area contributed by atoms with Crippen molar-refractivity contribution in [3.05, 3.63) is 29.8 Å². The van der Waals surface area contributed by atoms with Crippen LogP contribution >= 0.6 is 0 Å². The van der Waals surface area contributed by atoms with Gasteiger partial charge >= 0.3 is 5.97 Å². The number of carbonyl (C=O) groups excluding carboxylic acids is 3. The maximum Gasteiger partial charge on any atom is 0.325 e. The summed E-state index contributed by atoms with van der Waals surface area (Å²) in [5.74, 6) is -1.74. The second-order valence-electron chi connectivity index (χ2n) is 8.17. The third-order valence-corrected chi connectivity index (χ3v) is 6.92. The van der Waals surface area contributed by atoms with Crippen molar-refractivity contribution in [3.8, 4) is 0 Å². The van der Waals surface area contributed by atoms with Crippen LogP contribution in [-0.4, -0.2) is 93.3 Å². The number of esters is 1. The predicted molar refractivity (Wildman–Crippen MR) is 133 cm³/mol. The number of hydrogen-bond donors (Lipinski definition) is 4. The summed E-state index contributed by atoms with van der Waals surface area (Å²) < 4.78 is 31.6. The number of hydrogen-bond acceptors (Lipinski definition) is 9. The maximum atomic E-state index is 12.6. The van der Waals surface area contributed by atoms with Gasteiger partial charge in [-0.3, -0.25) is 14.4 Å². The zero-order valence-corrected chi connectivity index (χ0v) is 21.3. The Labute approximate surface area is 210 Å². The average Bonchev–Trinajstić information content (AvgIpc) is 2.86. The first-order valence-electron chi connectivity index (χ1n) is 11.6. The number of nitrogens with zero attached hydrogens (tertiary/aromatic N) is 3. The largest absolute Gasteiger partial charge is 0.465 e. The minimum Gasteiger partial charge on any atom is -0.465 e. The number of ether oxygens (including phenoxy) is 1. The highest BCUT2D eigenvalue weighted by Gasteiger charge is 2.28. The molecule has 0 bridgehead atoms. The fourth-order valence-electron chi connectivity index (χ4n) is 3.47. The van der Waals surface area contributed by atoms with E-state index >= 15 is 0 Å². The zero-order valence-electron chi connectivity index (χ0n) is 20.5. The summed E-state index contributed by atoms with van der Waals surface area (Å²) in [6, 6.07) is 5.58. The second-order valence-corrected chi connectivity index (χ2v) is 10.0. The van der Waals surface area contributed by atoms with Gasteiger partial charge in [0.05, 0.1) is 25.4 Å². The van der Waals surface area contributed by atoms with Crippen LogP contribution in [-0.2, 0) is 29.1 Å². The number of amidine groups is 1. The van der Waals surface area contributed by atoms with Crippen LogP contribution in [0.3, 0.4) is 0 Å². The normalized spacial score (nSPS) is 15.5. The van der Waals surface area contributed by atoms with Gasteiger partial charge in [-0.15, -0.1) is 0 Å². The number of nitrogens with one attached hydrogen (secondary N) is 2. The van der Waals surface area contributed by atoms with Crippen LogP contribution in [0.15, 0.2) is 29.4 Å². The summed E-state index contributed by atoms with van der Waals surface area (Å²) in [7, 11) is -3.73. The van der Waals surface area contributed by atoms with Crippen LogP contribution in [0.2, 0.25) is 0 Å². The number of unbranched alkanes of at least 4 members (excludes halogenated alkanes) is 1. The monoisotopic (exact) mass is 526 g/mol. The number of amides is 2. The minimum atomic E-state index is -3.73. The molecule has 1 heterocycles. The molecular weight excluding hydrogens is 492 g/mol. The predicted octanol–water partition coefficient (Wildman–Crippen LogP) is -0.803. The number of rotatable bonds is 13. The molecule has 14 heteroatoms. The number of piperazine rings is 1. The van der Waals surface area contributed by atoms with Crippen LogP contribution in [0, 0.1) is 0 Å². The molecular formula is C22H34N6O7S. The Morgan fingerprint density at radius 2 is 1.92 bits per heavy atom. The van der Waals surface area contributed by atoms with Crippen molar-refractivity contribution < 1.29 is 32.7 Å². The summed E-state index contributed by atoms with van der Waals surface area (Å²) in [6.07, 6.45) is 1.10. The van der Waals surface area contributed by atoms with Crippen LogP contribution in [0.1, 0.15) is 32.3 Å². The summed E-state index contributed by atoms with van der Waals surface area (Å²) in [5, 5.41) is 14.2. The van der Waals surface area contributed by atoms with E-state index in [1.54, 1.807) is 31.2 Å².